The van der Waals surface area contributed by atoms with Gasteiger partial charge in [0.2, 0.25) is 5.91 Å². The third-order valence-electron chi connectivity index (χ3n) is 3.72. The van der Waals surface area contributed by atoms with Crippen LogP contribution >= 0.6 is 0 Å². The van der Waals surface area contributed by atoms with Crippen molar-refractivity contribution in [2.75, 3.05) is 39.0 Å². The molecule has 5 heteroatoms. The quantitative estimate of drug-likeness (QED) is 0.920. The number of hydrogen-bond acceptors (Lipinski definition) is 3. The summed E-state index contributed by atoms with van der Waals surface area (Å²) >= 11 is 0. The van der Waals surface area contributed by atoms with Gasteiger partial charge >= 0.3 is 0 Å². The Kier molecular flexibility index (Phi) is 5.20. The summed E-state index contributed by atoms with van der Waals surface area (Å²) in [6.07, 6.45) is 3.41. The van der Waals surface area contributed by atoms with Gasteiger partial charge in [-0.2, -0.15) is 0 Å². The number of nitrogens with zero attached hydrogens (tertiary/aromatic N) is 2. The number of anilines is 1. The fourth-order valence-electron chi connectivity index (χ4n) is 2.35. The lowest BCUT2D eigenvalue weighted by Crippen LogP contribution is -2.35. The van der Waals surface area contributed by atoms with E-state index in [0.29, 0.717) is 5.56 Å². The first-order valence-corrected chi connectivity index (χ1v) is 7.41. The molecule has 0 atom stereocenters. The molecule has 1 fully saturated rings. The van der Waals surface area contributed by atoms with Gasteiger partial charge in [-0.3, -0.25) is 9.59 Å². The number of rotatable bonds is 4. The van der Waals surface area contributed by atoms with Crippen molar-refractivity contribution in [3.8, 4) is 0 Å². The summed E-state index contributed by atoms with van der Waals surface area (Å²) < 4.78 is 0. The summed E-state index contributed by atoms with van der Waals surface area (Å²) in [6, 6.07) is 7.33. The molecule has 2 rings (SSSR count). The van der Waals surface area contributed by atoms with Crippen LogP contribution in [-0.4, -0.2) is 55.3 Å². The molecule has 1 aliphatic heterocycles. The minimum atomic E-state index is 0.0171. The number of benzene rings is 1. The Morgan fingerprint density at radius 2 is 1.71 bits per heavy atom. The summed E-state index contributed by atoms with van der Waals surface area (Å²) in [5, 5.41) is 3.06. The maximum atomic E-state index is 12.3. The Morgan fingerprint density at radius 3 is 2.29 bits per heavy atom. The van der Waals surface area contributed by atoms with Crippen molar-refractivity contribution in [3.63, 3.8) is 0 Å². The molecule has 114 valence electrons. The van der Waals surface area contributed by atoms with E-state index in [4.69, 9.17) is 0 Å². The van der Waals surface area contributed by atoms with Crippen LogP contribution in [-0.2, 0) is 4.79 Å². The number of amides is 2. The number of hydrogen-bond donors (Lipinski definition) is 1. The van der Waals surface area contributed by atoms with Crippen molar-refractivity contribution in [2.45, 2.75) is 19.3 Å². The van der Waals surface area contributed by atoms with E-state index in [0.717, 1.165) is 31.6 Å². The molecule has 1 aromatic rings. The van der Waals surface area contributed by atoms with Gasteiger partial charge in [-0.15, -0.1) is 0 Å². The van der Waals surface area contributed by atoms with E-state index in [1.165, 1.54) is 6.42 Å². The average Bonchev–Trinajstić information content (AvgIpc) is 2.53. The molecule has 21 heavy (non-hydrogen) atoms. The lowest BCUT2D eigenvalue weighted by Gasteiger charge is -2.26. The van der Waals surface area contributed by atoms with Crippen molar-refractivity contribution < 1.29 is 9.59 Å². The number of likely N-dealkylation sites (N-methyl/N-ethyl adjacent to an activating group) is 1. The summed E-state index contributed by atoms with van der Waals surface area (Å²) in [5.41, 5.74) is 1.56. The minimum absolute atomic E-state index is 0.0171. The van der Waals surface area contributed by atoms with Crippen LogP contribution in [0.15, 0.2) is 24.3 Å². The number of piperidine rings is 1. The summed E-state index contributed by atoms with van der Waals surface area (Å²) in [4.78, 5) is 27.3. The molecular formula is C16H23N3O2. The molecule has 1 N–H and O–H groups in total. The predicted octanol–water partition coefficient (Wildman–Crippen LogP) is 1.81. The molecule has 1 aromatic carbocycles. The Bertz CT molecular complexity index is 491. The minimum Gasteiger partial charge on any atom is -0.376 e. The number of carbonyl (C=O) groups excluding carboxylic acids is 2. The lowest BCUT2D eigenvalue weighted by molar-refractivity contribution is -0.126. The molecule has 0 bridgehead atoms. The Balaban J connectivity index is 1.92. The van der Waals surface area contributed by atoms with Crippen molar-refractivity contribution in [3.05, 3.63) is 29.8 Å². The fraction of sp³-hybridized carbons (Fsp3) is 0.500. The van der Waals surface area contributed by atoms with E-state index in [-0.39, 0.29) is 18.4 Å². The lowest BCUT2D eigenvalue weighted by atomic mass is 10.1. The van der Waals surface area contributed by atoms with Crippen molar-refractivity contribution in [1.82, 2.24) is 9.80 Å². The fourth-order valence-corrected chi connectivity index (χ4v) is 2.35. The van der Waals surface area contributed by atoms with E-state index in [9.17, 15) is 9.59 Å². The third kappa shape index (κ3) is 4.21. The molecule has 0 spiro atoms. The van der Waals surface area contributed by atoms with Gasteiger partial charge in [0.1, 0.15) is 0 Å². The van der Waals surface area contributed by atoms with Crippen LogP contribution in [0.2, 0.25) is 0 Å². The highest BCUT2D eigenvalue weighted by atomic mass is 16.2. The zero-order valence-corrected chi connectivity index (χ0v) is 12.8. The van der Waals surface area contributed by atoms with Gasteiger partial charge in [-0.05, 0) is 43.5 Å². The van der Waals surface area contributed by atoms with Crippen LogP contribution in [0.25, 0.3) is 0 Å². The number of likely N-dealkylation sites (tertiary alicyclic amines) is 1. The van der Waals surface area contributed by atoms with Crippen LogP contribution in [0.4, 0.5) is 5.69 Å². The highest BCUT2D eigenvalue weighted by Gasteiger charge is 2.17. The van der Waals surface area contributed by atoms with E-state index in [2.05, 4.69) is 5.32 Å². The normalized spacial score (nSPS) is 14.7. The number of carbonyl (C=O) groups is 2. The summed E-state index contributed by atoms with van der Waals surface area (Å²) in [7, 11) is 3.45. The van der Waals surface area contributed by atoms with Crippen LogP contribution in [0, 0.1) is 0 Å². The maximum Gasteiger partial charge on any atom is 0.253 e. The molecule has 5 nitrogen and oxygen atoms in total. The van der Waals surface area contributed by atoms with Crippen LogP contribution in [0.1, 0.15) is 29.6 Å². The Labute approximate surface area is 125 Å². The predicted molar refractivity (Wildman–Crippen MR) is 83.4 cm³/mol. The Hall–Kier alpha value is -2.04. The topological polar surface area (TPSA) is 52.7 Å². The Morgan fingerprint density at radius 1 is 1.10 bits per heavy atom. The van der Waals surface area contributed by atoms with Crippen molar-refractivity contribution >= 4 is 17.5 Å². The van der Waals surface area contributed by atoms with Gasteiger partial charge in [0.05, 0.1) is 6.54 Å². The second-order valence-corrected chi connectivity index (χ2v) is 5.57. The van der Waals surface area contributed by atoms with Gasteiger partial charge < -0.3 is 15.1 Å². The van der Waals surface area contributed by atoms with Crippen molar-refractivity contribution in [1.29, 1.82) is 0 Å². The molecule has 1 saturated heterocycles. The molecule has 0 aromatic heterocycles. The summed E-state index contributed by atoms with van der Waals surface area (Å²) in [5.74, 6) is 0.120. The highest BCUT2D eigenvalue weighted by Crippen LogP contribution is 2.15. The molecule has 0 unspecified atom stereocenters. The second kappa shape index (κ2) is 7.11. The zero-order chi connectivity index (χ0) is 15.2. The molecule has 1 aliphatic rings. The van der Waals surface area contributed by atoms with Gasteiger partial charge in [0.25, 0.3) is 5.91 Å². The van der Waals surface area contributed by atoms with Crippen LogP contribution in [0.5, 0.6) is 0 Å². The standard InChI is InChI=1S/C16H23N3O2/c1-18(2)15(20)12-17-14-8-6-13(7-9-14)16(21)19-10-4-3-5-11-19/h6-9,17H,3-5,10-12H2,1-2H3. The molecule has 0 saturated carbocycles. The molecular weight excluding hydrogens is 266 g/mol. The zero-order valence-electron chi connectivity index (χ0n) is 12.8. The molecule has 0 radical (unpaired) electrons. The smallest absolute Gasteiger partial charge is 0.253 e. The van der Waals surface area contributed by atoms with Gasteiger partial charge in [0.15, 0.2) is 0 Å². The SMILES string of the molecule is CN(C)C(=O)CNc1ccc(C(=O)N2CCCCC2)cc1. The number of nitrogens with one attached hydrogen (secondary N) is 1. The first-order valence-electron chi connectivity index (χ1n) is 7.41. The van der Waals surface area contributed by atoms with E-state index < -0.39 is 0 Å². The largest absolute Gasteiger partial charge is 0.376 e. The third-order valence-corrected chi connectivity index (χ3v) is 3.72. The van der Waals surface area contributed by atoms with Gasteiger partial charge in [0, 0.05) is 38.4 Å². The van der Waals surface area contributed by atoms with E-state index in [1.807, 2.05) is 29.2 Å². The highest BCUT2D eigenvalue weighted by molar-refractivity contribution is 5.94. The second-order valence-electron chi connectivity index (χ2n) is 5.57. The first kappa shape index (κ1) is 15.4. The van der Waals surface area contributed by atoms with Crippen LogP contribution in [0.3, 0.4) is 0 Å². The molecule has 2 amide bonds. The van der Waals surface area contributed by atoms with Gasteiger partial charge in [-0.1, -0.05) is 0 Å². The van der Waals surface area contributed by atoms with E-state index >= 15 is 0 Å². The van der Waals surface area contributed by atoms with Gasteiger partial charge in [-0.25, -0.2) is 0 Å². The van der Waals surface area contributed by atoms with Crippen molar-refractivity contribution in [2.24, 2.45) is 0 Å². The maximum absolute atomic E-state index is 12.3. The average molecular weight is 289 g/mol. The first-order chi connectivity index (χ1) is 10.1. The van der Waals surface area contributed by atoms with Crippen LogP contribution < -0.4 is 5.32 Å². The molecule has 0 aliphatic carbocycles. The molecule has 1 heterocycles. The monoisotopic (exact) mass is 289 g/mol. The van der Waals surface area contributed by atoms with E-state index in [1.54, 1.807) is 19.0 Å². The summed E-state index contributed by atoms with van der Waals surface area (Å²) in [6.45, 7) is 1.97.